The molecule has 12 bridgehead atoms. The first kappa shape index (κ1) is 27.6. The van der Waals surface area contributed by atoms with Gasteiger partial charge in [-0.1, -0.05) is 12.1 Å². The van der Waals surface area contributed by atoms with Gasteiger partial charge >= 0.3 is 0 Å². The van der Waals surface area contributed by atoms with Crippen LogP contribution in [0.3, 0.4) is 0 Å². The minimum Gasteiger partial charge on any atom is -0.506 e. The summed E-state index contributed by atoms with van der Waals surface area (Å²) >= 11 is 0. The molecule has 4 heteroatoms. The summed E-state index contributed by atoms with van der Waals surface area (Å²) in [7, 11) is 0. The third kappa shape index (κ3) is 3.53. The van der Waals surface area contributed by atoms with E-state index in [1.165, 1.54) is 131 Å². The molecular formula is C42H54N2O2. The van der Waals surface area contributed by atoms with E-state index in [1.54, 1.807) is 0 Å². The molecule has 3 unspecified atom stereocenters. The number of nitrogen functional groups attached to an aromatic ring is 2. The second-order valence-corrected chi connectivity index (χ2v) is 19.5. The second kappa shape index (κ2) is 9.00. The Hall–Kier alpha value is -2.36. The van der Waals surface area contributed by atoms with Gasteiger partial charge in [-0.05, 0) is 214 Å². The molecular weight excluding hydrogens is 564 g/mol. The number of hydrogen-bond acceptors (Lipinski definition) is 4. The van der Waals surface area contributed by atoms with Gasteiger partial charge in [0.25, 0.3) is 0 Å². The highest BCUT2D eigenvalue weighted by molar-refractivity contribution is 5.69. The number of phenolic OH excluding ortho intramolecular Hbond substituents is 2. The number of rotatable bonds is 4. The van der Waals surface area contributed by atoms with Crippen LogP contribution in [0.4, 0.5) is 11.4 Å². The Morgan fingerprint density at radius 2 is 0.870 bits per heavy atom. The molecule has 0 aromatic heterocycles. The van der Waals surface area contributed by atoms with E-state index in [-0.39, 0.29) is 16.2 Å². The summed E-state index contributed by atoms with van der Waals surface area (Å²) in [6.45, 7) is 0. The molecule has 0 aliphatic heterocycles. The maximum atomic E-state index is 11.3. The molecule has 0 radical (unpaired) electrons. The van der Waals surface area contributed by atoms with Crippen LogP contribution in [0.15, 0.2) is 24.3 Å². The zero-order chi connectivity index (χ0) is 30.7. The fraction of sp³-hybridized carbons (Fsp3) is 0.714. The quantitative estimate of drug-likeness (QED) is 0.203. The molecule has 2 aromatic carbocycles. The van der Waals surface area contributed by atoms with Gasteiger partial charge in [0.05, 0.1) is 11.4 Å². The van der Waals surface area contributed by atoms with Crippen LogP contribution in [-0.2, 0) is 16.2 Å². The molecule has 244 valence electrons. The van der Waals surface area contributed by atoms with E-state index in [0.29, 0.717) is 34.7 Å². The van der Waals surface area contributed by atoms with E-state index in [0.717, 1.165) is 47.3 Å². The number of hydrogen-bond donors (Lipinski definition) is 4. The van der Waals surface area contributed by atoms with Gasteiger partial charge in [-0.15, -0.1) is 0 Å². The Kier molecular flexibility index (Phi) is 5.39. The predicted molar refractivity (Wildman–Crippen MR) is 183 cm³/mol. The Balaban J connectivity index is 1.13. The van der Waals surface area contributed by atoms with Crippen molar-refractivity contribution in [3.05, 3.63) is 46.5 Å². The van der Waals surface area contributed by atoms with Crippen LogP contribution in [0.5, 0.6) is 11.5 Å². The molecule has 12 saturated carbocycles. The van der Waals surface area contributed by atoms with Gasteiger partial charge in [0.2, 0.25) is 0 Å². The molecule has 12 aliphatic carbocycles. The number of aromatic hydroxyl groups is 2. The molecule has 2 aromatic rings. The first-order valence-electron chi connectivity index (χ1n) is 19.4. The van der Waals surface area contributed by atoms with E-state index in [1.807, 2.05) is 12.1 Å². The van der Waals surface area contributed by atoms with Gasteiger partial charge in [0.15, 0.2) is 0 Å². The van der Waals surface area contributed by atoms with Gasteiger partial charge in [-0.3, -0.25) is 0 Å². The summed E-state index contributed by atoms with van der Waals surface area (Å²) in [6.07, 6.45) is 22.6. The zero-order valence-corrected chi connectivity index (χ0v) is 27.7. The summed E-state index contributed by atoms with van der Waals surface area (Å²) < 4.78 is 0. The van der Waals surface area contributed by atoms with E-state index in [4.69, 9.17) is 11.5 Å². The van der Waals surface area contributed by atoms with Crippen LogP contribution in [0.25, 0.3) is 0 Å². The minimum absolute atomic E-state index is 0.0235. The van der Waals surface area contributed by atoms with Crippen molar-refractivity contribution in [3.63, 3.8) is 0 Å². The SMILES string of the molecule is Nc1c(O)ccc(C2C3CC4CC(C3)CC2(c2ccc(O)c(N)c2C23CC5CC(CC(C5)C2)C3)C4)c1C12CC3CC(CC(C3)C1)C2. The lowest BCUT2D eigenvalue weighted by Crippen LogP contribution is -2.56. The lowest BCUT2D eigenvalue weighted by atomic mass is 9.39. The molecule has 0 saturated heterocycles. The van der Waals surface area contributed by atoms with E-state index < -0.39 is 0 Å². The molecule has 6 N–H and O–H groups in total. The minimum atomic E-state index is 0.0235. The van der Waals surface area contributed by atoms with Gasteiger partial charge in [0.1, 0.15) is 11.5 Å². The Morgan fingerprint density at radius 3 is 1.35 bits per heavy atom. The Morgan fingerprint density at radius 1 is 0.478 bits per heavy atom. The highest BCUT2D eigenvalue weighted by Gasteiger charge is 2.63. The average molecular weight is 619 g/mol. The van der Waals surface area contributed by atoms with Crippen molar-refractivity contribution in [2.24, 2.45) is 53.3 Å². The number of anilines is 2. The average Bonchev–Trinajstić information content (AvgIpc) is 2.98. The van der Waals surface area contributed by atoms with E-state index >= 15 is 0 Å². The van der Waals surface area contributed by atoms with E-state index in [9.17, 15) is 10.2 Å². The van der Waals surface area contributed by atoms with Gasteiger partial charge in [-0.2, -0.15) is 0 Å². The summed E-state index contributed by atoms with van der Waals surface area (Å²) in [5, 5.41) is 22.6. The fourth-order valence-corrected chi connectivity index (χ4v) is 16.9. The summed E-state index contributed by atoms with van der Waals surface area (Å²) in [6, 6.07) is 8.67. The number of phenols is 2. The van der Waals surface area contributed by atoms with Crippen LogP contribution in [-0.4, -0.2) is 10.2 Å². The van der Waals surface area contributed by atoms with Crippen molar-refractivity contribution in [2.45, 2.75) is 131 Å². The molecule has 0 heterocycles. The molecule has 12 fully saturated rings. The summed E-state index contributed by atoms with van der Waals surface area (Å²) in [4.78, 5) is 0. The van der Waals surface area contributed by atoms with E-state index in [2.05, 4.69) is 12.1 Å². The maximum absolute atomic E-state index is 11.3. The van der Waals surface area contributed by atoms with Crippen molar-refractivity contribution in [1.82, 2.24) is 0 Å². The van der Waals surface area contributed by atoms with Crippen molar-refractivity contribution in [2.75, 3.05) is 11.5 Å². The van der Waals surface area contributed by atoms with Crippen molar-refractivity contribution < 1.29 is 10.2 Å². The largest absolute Gasteiger partial charge is 0.506 e. The smallest absolute Gasteiger partial charge is 0.138 e. The molecule has 12 aliphatic rings. The third-order valence-electron chi connectivity index (χ3n) is 16.8. The van der Waals surface area contributed by atoms with Crippen LogP contribution >= 0.6 is 0 Å². The zero-order valence-electron chi connectivity index (χ0n) is 27.7. The van der Waals surface area contributed by atoms with Crippen LogP contribution in [0.1, 0.15) is 137 Å². The molecule has 14 rings (SSSR count). The van der Waals surface area contributed by atoms with Gasteiger partial charge in [0, 0.05) is 5.41 Å². The Labute approximate surface area is 275 Å². The molecule has 3 atom stereocenters. The first-order valence-corrected chi connectivity index (χ1v) is 19.4. The van der Waals surface area contributed by atoms with Crippen LogP contribution < -0.4 is 11.5 Å². The third-order valence-corrected chi connectivity index (χ3v) is 16.8. The number of benzene rings is 2. The van der Waals surface area contributed by atoms with Crippen molar-refractivity contribution >= 4 is 11.4 Å². The summed E-state index contributed by atoms with van der Waals surface area (Å²) in [5.74, 6) is 8.19. The summed E-state index contributed by atoms with van der Waals surface area (Å²) in [5.41, 5.74) is 21.8. The van der Waals surface area contributed by atoms with Crippen LogP contribution in [0.2, 0.25) is 0 Å². The molecule has 46 heavy (non-hydrogen) atoms. The van der Waals surface area contributed by atoms with Crippen LogP contribution in [0, 0.1) is 53.3 Å². The topological polar surface area (TPSA) is 92.5 Å². The standard InChI is InChI=1S/C42H54N2O2/c43-38-33(45)3-1-31(36(38)40-14-22-5-23(15-40)7-24(6-22)16-40)35-30-12-28-11-29(13-30)21-42(35,20-28)32-2-4-34(46)39(44)37(32)41-17-25-8-26(18-41)10-27(9-25)19-41/h1-4,22-30,35,45-46H,5-21,43-44H2. The highest BCUT2D eigenvalue weighted by atomic mass is 16.3. The maximum Gasteiger partial charge on any atom is 0.138 e. The second-order valence-electron chi connectivity index (χ2n) is 19.5. The molecule has 0 amide bonds. The monoisotopic (exact) mass is 618 g/mol. The number of nitrogens with two attached hydrogens (primary N) is 2. The fourth-order valence-electron chi connectivity index (χ4n) is 16.9. The van der Waals surface area contributed by atoms with Crippen molar-refractivity contribution in [3.8, 4) is 11.5 Å². The lowest BCUT2D eigenvalue weighted by Gasteiger charge is -2.65. The van der Waals surface area contributed by atoms with Crippen molar-refractivity contribution in [1.29, 1.82) is 0 Å². The molecule has 0 spiro atoms. The lowest BCUT2D eigenvalue weighted by molar-refractivity contribution is -0.0360. The van der Waals surface area contributed by atoms with Gasteiger partial charge in [-0.25, -0.2) is 0 Å². The normalized spacial score (nSPS) is 48.9. The Bertz CT molecular complexity index is 1560. The van der Waals surface area contributed by atoms with Gasteiger partial charge < -0.3 is 21.7 Å². The predicted octanol–water partition coefficient (Wildman–Crippen LogP) is 9.06. The molecule has 4 nitrogen and oxygen atoms in total. The first-order chi connectivity index (χ1) is 22.2. The highest BCUT2D eigenvalue weighted by Crippen LogP contribution is 2.72.